The van der Waals surface area contributed by atoms with Gasteiger partial charge in [0, 0.05) is 12.2 Å². The van der Waals surface area contributed by atoms with Crippen LogP contribution in [0.2, 0.25) is 0 Å². The molecule has 0 aliphatic heterocycles. The summed E-state index contributed by atoms with van der Waals surface area (Å²) in [6, 6.07) is 7.58. The van der Waals surface area contributed by atoms with Crippen molar-refractivity contribution in [2.75, 3.05) is 13.2 Å². The minimum atomic E-state index is 0.0575. The smallest absolute Gasteiger partial charge is 0.188 e. The van der Waals surface area contributed by atoms with Gasteiger partial charge in [-0.25, -0.2) is 0 Å². The van der Waals surface area contributed by atoms with Crippen LogP contribution in [0, 0.1) is 6.92 Å². The number of ketones is 1. The molecule has 1 aromatic rings. The van der Waals surface area contributed by atoms with Gasteiger partial charge >= 0.3 is 0 Å². The lowest BCUT2D eigenvalue weighted by atomic mass is 10.1. The highest BCUT2D eigenvalue weighted by Crippen LogP contribution is 2.04. The molecule has 0 atom stereocenters. The van der Waals surface area contributed by atoms with Gasteiger partial charge < -0.3 is 4.74 Å². The lowest BCUT2D eigenvalue weighted by Crippen LogP contribution is -2.09. The third kappa shape index (κ3) is 3.30. The van der Waals surface area contributed by atoms with Gasteiger partial charge in [-0.3, -0.25) is 4.79 Å². The maximum absolute atomic E-state index is 11.5. The number of rotatable bonds is 5. The van der Waals surface area contributed by atoms with Gasteiger partial charge in [-0.2, -0.15) is 0 Å². The van der Waals surface area contributed by atoms with Crippen LogP contribution < -0.4 is 0 Å². The van der Waals surface area contributed by atoms with Crippen molar-refractivity contribution in [3.8, 4) is 0 Å². The number of hydrogen-bond acceptors (Lipinski definition) is 2. The maximum Gasteiger partial charge on any atom is 0.188 e. The fourth-order valence-corrected chi connectivity index (χ4v) is 1.21. The minimum Gasteiger partial charge on any atom is -0.373 e. The third-order valence-electron chi connectivity index (χ3n) is 1.92. The first-order valence-corrected chi connectivity index (χ1v) is 4.91. The van der Waals surface area contributed by atoms with Crippen molar-refractivity contribution in [3.63, 3.8) is 0 Å². The number of benzene rings is 1. The Balaban J connectivity index is 2.52. The minimum absolute atomic E-state index is 0.0575. The summed E-state index contributed by atoms with van der Waals surface area (Å²) < 4.78 is 5.19. The predicted octanol–water partition coefficient (Wildman–Crippen LogP) is 2.60. The standard InChI is InChI=1S/C12H16O2/c1-3-7-14-9-12(13)11-6-4-5-10(2)8-11/h4-6,8H,3,7,9H2,1-2H3. The fraction of sp³-hybridized carbons (Fsp3) is 0.417. The highest BCUT2D eigenvalue weighted by Gasteiger charge is 2.04. The zero-order valence-electron chi connectivity index (χ0n) is 8.75. The molecule has 1 aromatic carbocycles. The Labute approximate surface area is 84.9 Å². The highest BCUT2D eigenvalue weighted by molar-refractivity contribution is 5.97. The molecule has 0 fully saturated rings. The van der Waals surface area contributed by atoms with Crippen LogP contribution in [0.5, 0.6) is 0 Å². The van der Waals surface area contributed by atoms with Crippen LogP contribution in [-0.4, -0.2) is 19.0 Å². The molecule has 2 heteroatoms. The highest BCUT2D eigenvalue weighted by atomic mass is 16.5. The number of aryl methyl sites for hydroxylation is 1. The van der Waals surface area contributed by atoms with Gasteiger partial charge in [-0.05, 0) is 19.4 Å². The molecule has 0 aliphatic carbocycles. The molecule has 0 saturated carbocycles. The monoisotopic (exact) mass is 192 g/mol. The molecule has 0 saturated heterocycles. The van der Waals surface area contributed by atoms with E-state index in [2.05, 4.69) is 0 Å². The summed E-state index contributed by atoms with van der Waals surface area (Å²) in [4.78, 5) is 11.5. The van der Waals surface area contributed by atoms with Crippen molar-refractivity contribution >= 4 is 5.78 Å². The molecule has 2 nitrogen and oxygen atoms in total. The van der Waals surface area contributed by atoms with Crippen molar-refractivity contribution in [3.05, 3.63) is 35.4 Å². The Kier molecular flexibility index (Phi) is 4.33. The van der Waals surface area contributed by atoms with Crippen LogP contribution in [0.15, 0.2) is 24.3 Å². The van der Waals surface area contributed by atoms with E-state index >= 15 is 0 Å². The number of Topliss-reactive ketones (excluding diaryl/α,β-unsaturated/α-hetero) is 1. The van der Waals surface area contributed by atoms with Crippen LogP contribution in [0.4, 0.5) is 0 Å². The topological polar surface area (TPSA) is 26.3 Å². The van der Waals surface area contributed by atoms with E-state index in [4.69, 9.17) is 4.74 Å². The van der Waals surface area contributed by atoms with Crippen LogP contribution in [0.3, 0.4) is 0 Å². The summed E-state index contributed by atoms with van der Waals surface area (Å²) in [5.41, 5.74) is 1.84. The zero-order valence-corrected chi connectivity index (χ0v) is 8.75. The number of carbonyl (C=O) groups excluding carboxylic acids is 1. The van der Waals surface area contributed by atoms with Gasteiger partial charge in [-0.1, -0.05) is 30.7 Å². The van der Waals surface area contributed by atoms with Crippen molar-refractivity contribution in [2.45, 2.75) is 20.3 Å². The Hall–Kier alpha value is -1.15. The summed E-state index contributed by atoms with van der Waals surface area (Å²) >= 11 is 0. The molecule has 0 N–H and O–H groups in total. The number of ether oxygens (including phenoxy) is 1. The second-order valence-electron chi connectivity index (χ2n) is 3.35. The summed E-state index contributed by atoms with van der Waals surface area (Å²) in [6.07, 6.45) is 0.946. The van der Waals surface area contributed by atoms with E-state index in [1.807, 2.05) is 38.1 Å². The Morgan fingerprint density at radius 1 is 1.43 bits per heavy atom. The molecule has 0 heterocycles. The van der Waals surface area contributed by atoms with Crippen molar-refractivity contribution in [1.29, 1.82) is 0 Å². The largest absolute Gasteiger partial charge is 0.373 e. The molecule has 0 amide bonds. The molecule has 0 radical (unpaired) electrons. The van der Waals surface area contributed by atoms with E-state index in [9.17, 15) is 4.79 Å². The molecule has 0 aliphatic rings. The fourth-order valence-electron chi connectivity index (χ4n) is 1.21. The SMILES string of the molecule is CCCOCC(=O)c1cccc(C)c1. The quantitative estimate of drug-likeness (QED) is 0.529. The Bertz CT molecular complexity index is 305. The Morgan fingerprint density at radius 3 is 2.86 bits per heavy atom. The summed E-state index contributed by atoms with van der Waals surface area (Å²) in [6.45, 7) is 4.84. The number of hydrogen-bond donors (Lipinski definition) is 0. The Morgan fingerprint density at radius 2 is 2.21 bits per heavy atom. The lowest BCUT2D eigenvalue weighted by molar-refractivity contribution is 0.0761. The predicted molar refractivity (Wildman–Crippen MR) is 56.6 cm³/mol. The van der Waals surface area contributed by atoms with Crippen LogP contribution in [-0.2, 0) is 4.74 Å². The normalized spacial score (nSPS) is 10.1. The summed E-state index contributed by atoms with van der Waals surface area (Å²) in [5, 5.41) is 0. The molecule has 0 spiro atoms. The van der Waals surface area contributed by atoms with Crippen LogP contribution in [0.25, 0.3) is 0 Å². The second-order valence-corrected chi connectivity index (χ2v) is 3.35. The van der Waals surface area contributed by atoms with Gasteiger partial charge in [0.15, 0.2) is 5.78 Å². The molecule has 1 rings (SSSR count). The van der Waals surface area contributed by atoms with E-state index in [1.165, 1.54) is 0 Å². The van der Waals surface area contributed by atoms with Gasteiger partial charge in [0.1, 0.15) is 6.61 Å². The van der Waals surface area contributed by atoms with Gasteiger partial charge in [0.2, 0.25) is 0 Å². The summed E-state index contributed by atoms with van der Waals surface area (Å²) in [7, 11) is 0. The molecular formula is C12H16O2. The van der Waals surface area contributed by atoms with E-state index in [1.54, 1.807) is 0 Å². The average Bonchev–Trinajstić information content (AvgIpc) is 2.18. The molecule has 14 heavy (non-hydrogen) atoms. The van der Waals surface area contributed by atoms with E-state index in [0.717, 1.165) is 17.5 Å². The van der Waals surface area contributed by atoms with E-state index < -0.39 is 0 Å². The number of carbonyl (C=O) groups is 1. The third-order valence-corrected chi connectivity index (χ3v) is 1.92. The van der Waals surface area contributed by atoms with E-state index in [0.29, 0.717) is 6.61 Å². The molecule has 76 valence electrons. The molecule has 0 aromatic heterocycles. The lowest BCUT2D eigenvalue weighted by Gasteiger charge is -2.02. The van der Waals surface area contributed by atoms with Gasteiger partial charge in [-0.15, -0.1) is 0 Å². The first-order chi connectivity index (χ1) is 6.74. The summed E-state index contributed by atoms with van der Waals surface area (Å²) in [5.74, 6) is 0.0575. The van der Waals surface area contributed by atoms with Gasteiger partial charge in [0.05, 0.1) is 0 Å². The van der Waals surface area contributed by atoms with Crippen molar-refractivity contribution in [1.82, 2.24) is 0 Å². The molecule has 0 unspecified atom stereocenters. The van der Waals surface area contributed by atoms with Gasteiger partial charge in [0.25, 0.3) is 0 Å². The zero-order chi connectivity index (χ0) is 10.4. The maximum atomic E-state index is 11.5. The first-order valence-electron chi connectivity index (χ1n) is 4.91. The molecule has 0 bridgehead atoms. The molecular weight excluding hydrogens is 176 g/mol. The van der Waals surface area contributed by atoms with Crippen molar-refractivity contribution in [2.24, 2.45) is 0 Å². The van der Waals surface area contributed by atoms with E-state index in [-0.39, 0.29) is 12.4 Å². The second kappa shape index (κ2) is 5.55. The van der Waals surface area contributed by atoms with Crippen molar-refractivity contribution < 1.29 is 9.53 Å². The van der Waals surface area contributed by atoms with Crippen LogP contribution in [0.1, 0.15) is 29.3 Å². The average molecular weight is 192 g/mol. The van der Waals surface area contributed by atoms with Crippen LogP contribution >= 0.6 is 0 Å². The first kappa shape index (κ1) is 10.9.